The van der Waals surface area contributed by atoms with Crippen molar-refractivity contribution in [3.63, 3.8) is 0 Å². The molecule has 78 valence electrons. The molecule has 0 saturated carbocycles. The first kappa shape index (κ1) is 11.2. The van der Waals surface area contributed by atoms with E-state index in [1.54, 1.807) is 0 Å². The predicted octanol–water partition coefficient (Wildman–Crippen LogP) is 1.89. The summed E-state index contributed by atoms with van der Waals surface area (Å²) in [5.41, 5.74) is 7.06. The van der Waals surface area contributed by atoms with Crippen LogP contribution in [0.25, 0.3) is 0 Å². The van der Waals surface area contributed by atoms with Crippen molar-refractivity contribution < 1.29 is 5.11 Å². The zero-order valence-corrected chi connectivity index (χ0v) is 8.69. The lowest BCUT2D eigenvalue weighted by atomic mass is 9.90. The number of aliphatic hydroxyl groups is 1. The summed E-state index contributed by atoms with van der Waals surface area (Å²) < 4.78 is 0. The van der Waals surface area contributed by atoms with Crippen LogP contribution in [0.4, 0.5) is 0 Å². The Balaban J connectivity index is 2.63. The minimum Gasteiger partial charge on any atom is -0.395 e. The minimum atomic E-state index is -0.0971. The van der Waals surface area contributed by atoms with Gasteiger partial charge < -0.3 is 10.8 Å². The Bertz CT molecular complexity index is 248. The number of hydrogen-bond acceptors (Lipinski definition) is 2. The van der Waals surface area contributed by atoms with Gasteiger partial charge in [-0.25, -0.2) is 0 Å². The molecule has 0 aliphatic rings. The highest BCUT2D eigenvalue weighted by Gasteiger charge is 2.12. The van der Waals surface area contributed by atoms with Crippen molar-refractivity contribution in [2.75, 3.05) is 6.61 Å². The maximum atomic E-state index is 8.90. The predicted molar refractivity (Wildman–Crippen MR) is 59.2 cm³/mol. The van der Waals surface area contributed by atoms with E-state index in [-0.39, 0.29) is 12.6 Å². The lowest BCUT2D eigenvalue weighted by molar-refractivity contribution is 0.253. The number of nitrogens with two attached hydrogens (primary N) is 1. The Morgan fingerprint density at radius 3 is 2.43 bits per heavy atom. The molecule has 14 heavy (non-hydrogen) atoms. The van der Waals surface area contributed by atoms with Crippen LogP contribution in [0, 0.1) is 0 Å². The van der Waals surface area contributed by atoms with E-state index in [0.717, 1.165) is 12.8 Å². The molecule has 0 spiro atoms. The summed E-state index contributed by atoms with van der Waals surface area (Å²) in [6.07, 6.45) is 1.93. The quantitative estimate of drug-likeness (QED) is 0.750. The number of aliphatic hydroxyl groups excluding tert-OH is 1. The maximum absolute atomic E-state index is 8.90. The summed E-state index contributed by atoms with van der Waals surface area (Å²) in [7, 11) is 0. The summed E-state index contributed by atoms with van der Waals surface area (Å²) in [6.45, 7) is 2.23. The summed E-state index contributed by atoms with van der Waals surface area (Å²) >= 11 is 0. The van der Waals surface area contributed by atoms with E-state index >= 15 is 0 Å². The third-order valence-corrected chi connectivity index (χ3v) is 2.59. The van der Waals surface area contributed by atoms with Gasteiger partial charge in [-0.15, -0.1) is 0 Å². The SMILES string of the molecule is CCC(CC(N)CO)c1ccccc1. The summed E-state index contributed by atoms with van der Waals surface area (Å²) in [5, 5.41) is 8.90. The third-order valence-electron chi connectivity index (χ3n) is 2.59. The molecule has 3 N–H and O–H groups in total. The Hall–Kier alpha value is -0.860. The van der Waals surface area contributed by atoms with Crippen LogP contribution in [-0.4, -0.2) is 17.8 Å². The molecule has 2 nitrogen and oxygen atoms in total. The molecular weight excluding hydrogens is 174 g/mol. The molecule has 0 heterocycles. The van der Waals surface area contributed by atoms with E-state index < -0.39 is 0 Å². The van der Waals surface area contributed by atoms with Crippen LogP contribution in [0.15, 0.2) is 30.3 Å². The zero-order chi connectivity index (χ0) is 10.4. The van der Waals surface area contributed by atoms with E-state index in [2.05, 4.69) is 19.1 Å². The Morgan fingerprint density at radius 1 is 1.29 bits per heavy atom. The van der Waals surface area contributed by atoms with Gasteiger partial charge in [0.2, 0.25) is 0 Å². The second-order valence-corrected chi connectivity index (χ2v) is 3.69. The average Bonchev–Trinajstić information content (AvgIpc) is 2.26. The second-order valence-electron chi connectivity index (χ2n) is 3.69. The molecule has 0 radical (unpaired) electrons. The minimum absolute atomic E-state index is 0.0728. The van der Waals surface area contributed by atoms with Crippen molar-refractivity contribution in [2.24, 2.45) is 5.73 Å². The van der Waals surface area contributed by atoms with E-state index in [0.29, 0.717) is 5.92 Å². The lowest BCUT2D eigenvalue weighted by Gasteiger charge is -2.18. The smallest absolute Gasteiger partial charge is 0.0582 e. The summed E-state index contributed by atoms with van der Waals surface area (Å²) in [6, 6.07) is 10.3. The van der Waals surface area contributed by atoms with Crippen molar-refractivity contribution in [2.45, 2.75) is 31.7 Å². The molecule has 1 rings (SSSR count). The Labute approximate surface area is 85.8 Å². The first-order chi connectivity index (χ1) is 6.77. The molecule has 0 amide bonds. The lowest BCUT2D eigenvalue weighted by Crippen LogP contribution is -2.26. The van der Waals surface area contributed by atoms with Gasteiger partial charge in [-0.3, -0.25) is 0 Å². The topological polar surface area (TPSA) is 46.2 Å². The monoisotopic (exact) mass is 193 g/mol. The molecule has 1 aromatic carbocycles. The van der Waals surface area contributed by atoms with Crippen LogP contribution in [0.3, 0.4) is 0 Å². The van der Waals surface area contributed by atoms with Crippen LogP contribution in [0.2, 0.25) is 0 Å². The van der Waals surface area contributed by atoms with Crippen LogP contribution >= 0.6 is 0 Å². The normalized spacial score (nSPS) is 15.1. The first-order valence-electron chi connectivity index (χ1n) is 5.19. The van der Waals surface area contributed by atoms with E-state index in [1.807, 2.05) is 18.2 Å². The number of rotatable bonds is 5. The molecule has 0 aliphatic carbocycles. The van der Waals surface area contributed by atoms with Gasteiger partial charge in [-0.05, 0) is 24.3 Å². The maximum Gasteiger partial charge on any atom is 0.0582 e. The van der Waals surface area contributed by atoms with E-state index in [4.69, 9.17) is 10.8 Å². The van der Waals surface area contributed by atoms with Gasteiger partial charge in [0.1, 0.15) is 0 Å². The molecule has 2 unspecified atom stereocenters. The fraction of sp³-hybridized carbons (Fsp3) is 0.500. The average molecular weight is 193 g/mol. The summed E-state index contributed by atoms with van der Waals surface area (Å²) in [5.74, 6) is 0.471. The van der Waals surface area contributed by atoms with E-state index in [9.17, 15) is 0 Å². The highest BCUT2D eigenvalue weighted by Crippen LogP contribution is 2.23. The van der Waals surface area contributed by atoms with Gasteiger partial charge in [-0.2, -0.15) is 0 Å². The van der Waals surface area contributed by atoms with Gasteiger partial charge in [0.05, 0.1) is 6.61 Å². The highest BCUT2D eigenvalue weighted by molar-refractivity contribution is 5.19. The van der Waals surface area contributed by atoms with Crippen LogP contribution in [0.1, 0.15) is 31.2 Å². The molecule has 2 heteroatoms. The van der Waals surface area contributed by atoms with Crippen molar-refractivity contribution in [3.05, 3.63) is 35.9 Å². The fourth-order valence-electron chi connectivity index (χ4n) is 1.70. The van der Waals surface area contributed by atoms with Crippen molar-refractivity contribution in [1.29, 1.82) is 0 Å². The van der Waals surface area contributed by atoms with Crippen molar-refractivity contribution >= 4 is 0 Å². The van der Waals surface area contributed by atoms with Crippen LogP contribution in [-0.2, 0) is 0 Å². The van der Waals surface area contributed by atoms with Gasteiger partial charge in [0, 0.05) is 6.04 Å². The Kier molecular flexibility index (Phi) is 4.63. The van der Waals surface area contributed by atoms with Gasteiger partial charge >= 0.3 is 0 Å². The Morgan fingerprint density at radius 2 is 1.93 bits per heavy atom. The molecule has 0 bridgehead atoms. The van der Waals surface area contributed by atoms with Crippen LogP contribution in [0.5, 0.6) is 0 Å². The number of benzene rings is 1. The second kappa shape index (κ2) is 5.78. The molecule has 2 atom stereocenters. The molecule has 0 saturated heterocycles. The van der Waals surface area contributed by atoms with Gasteiger partial charge in [-0.1, -0.05) is 37.3 Å². The van der Waals surface area contributed by atoms with Gasteiger partial charge in [0.25, 0.3) is 0 Å². The standard InChI is InChI=1S/C12H19NO/c1-2-10(8-12(13)9-14)11-6-4-3-5-7-11/h3-7,10,12,14H,2,8-9,13H2,1H3. The first-order valence-corrected chi connectivity index (χ1v) is 5.19. The number of hydrogen-bond donors (Lipinski definition) is 2. The van der Waals surface area contributed by atoms with Crippen LogP contribution < -0.4 is 5.73 Å². The van der Waals surface area contributed by atoms with Crippen molar-refractivity contribution in [1.82, 2.24) is 0 Å². The van der Waals surface area contributed by atoms with Gasteiger partial charge in [0.15, 0.2) is 0 Å². The third kappa shape index (κ3) is 3.13. The summed E-state index contributed by atoms with van der Waals surface area (Å²) in [4.78, 5) is 0. The fourth-order valence-corrected chi connectivity index (χ4v) is 1.70. The van der Waals surface area contributed by atoms with E-state index in [1.165, 1.54) is 5.56 Å². The molecule has 1 aromatic rings. The molecule has 0 aromatic heterocycles. The highest BCUT2D eigenvalue weighted by atomic mass is 16.3. The van der Waals surface area contributed by atoms with Crippen molar-refractivity contribution in [3.8, 4) is 0 Å². The molecule has 0 aliphatic heterocycles. The molecule has 0 fully saturated rings. The molecular formula is C12H19NO. The largest absolute Gasteiger partial charge is 0.395 e. The zero-order valence-electron chi connectivity index (χ0n) is 8.69.